The maximum absolute atomic E-state index is 13.7. The van der Waals surface area contributed by atoms with Gasteiger partial charge in [0.1, 0.15) is 11.6 Å². The van der Waals surface area contributed by atoms with Gasteiger partial charge >= 0.3 is 0 Å². The number of β-amino-alcohol motifs (C(OH)–C–C–N with tert-alkyl or cyclic N) is 1. The summed E-state index contributed by atoms with van der Waals surface area (Å²) >= 11 is 0. The Hall–Kier alpha value is -2.54. The third-order valence-electron chi connectivity index (χ3n) is 5.05. The lowest BCUT2D eigenvalue weighted by Crippen LogP contribution is -2.45. The van der Waals surface area contributed by atoms with E-state index >= 15 is 0 Å². The summed E-state index contributed by atoms with van der Waals surface area (Å²) in [7, 11) is 0. The lowest BCUT2D eigenvalue weighted by atomic mass is 10.1. The lowest BCUT2D eigenvalue weighted by Gasteiger charge is -2.30. The molecule has 2 heterocycles. The monoisotopic (exact) mass is 376 g/mol. The molecule has 4 rings (SSSR count). The van der Waals surface area contributed by atoms with E-state index in [9.17, 15) is 23.1 Å². The van der Waals surface area contributed by atoms with Crippen LogP contribution in [-0.2, 0) is 11.3 Å². The second-order valence-corrected chi connectivity index (χ2v) is 7.42. The van der Waals surface area contributed by atoms with E-state index in [1.54, 1.807) is 23.6 Å². The van der Waals surface area contributed by atoms with Gasteiger partial charge in [0.25, 0.3) is 5.91 Å². The predicted molar refractivity (Wildman–Crippen MR) is 96.1 cm³/mol. The van der Waals surface area contributed by atoms with Crippen LogP contribution in [0.15, 0.2) is 36.4 Å². The van der Waals surface area contributed by atoms with E-state index in [1.807, 2.05) is 0 Å². The fourth-order valence-electron chi connectivity index (χ4n) is 3.88. The SMILES string of the molecule is C[C@](O)(CN1CC[C@H](F)C1=O)Cn1c2ccc(F)cc2c2cc(F)ccc21. The average molecular weight is 376 g/mol. The summed E-state index contributed by atoms with van der Waals surface area (Å²) in [5, 5.41) is 12.0. The van der Waals surface area contributed by atoms with Crippen LogP contribution in [0, 0.1) is 11.6 Å². The molecule has 2 atom stereocenters. The number of carbonyl (C=O) groups is 1. The van der Waals surface area contributed by atoms with Crippen LogP contribution >= 0.6 is 0 Å². The number of amides is 1. The Kier molecular flexibility index (Phi) is 4.14. The summed E-state index contributed by atoms with van der Waals surface area (Å²) in [6, 6.07) is 8.44. The van der Waals surface area contributed by atoms with Crippen LogP contribution in [0.25, 0.3) is 21.8 Å². The Morgan fingerprint density at radius 3 is 2.11 bits per heavy atom. The number of carbonyl (C=O) groups excluding carboxylic acids is 1. The van der Waals surface area contributed by atoms with E-state index in [4.69, 9.17) is 0 Å². The molecule has 7 heteroatoms. The normalized spacial score (nSPS) is 20.0. The first-order chi connectivity index (χ1) is 12.7. The van der Waals surface area contributed by atoms with Crippen molar-refractivity contribution in [1.82, 2.24) is 9.47 Å². The maximum atomic E-state index is 13.7. The van der Waals surface area contributed by atoms with Crippen molar-refractivity contribution in [3.05, 3.63) is 48.0 Å². The predicted octanol–water partition coefficient (Wildman–Crippen LogP) is 3.39. The van der Waals surface area contributed by atoms with Crippen molar-refractivity contribution in [2.45, 2.75) is 31.7 Å². The highest BCUT2D eigenvalue weighted by Crippen LogP contribution is 2.32. The largest absolute Gasteiger partial charge is 0.386 e. The summed E-state index contributed by atoms with van der Waals surface area (Å²) in [6.07, 6.45) is -1.39. The van der Waals surface area contributed by atoms with E-state index in [0.717, 1.165) is 0 Å². The molecule has 1 saturated heterocycles. The Balaban J connectivity index is 1.75. The molecular formula is C20H19F3N2O2. The molecule has 1 N–H and O–H groups in total. The van der Waals surface area contributed by atoms with E-state index in [-0.39, 0.29) is 26.1 Å². The van der Waals surface area contributed by atoms with E-state index in [0.29, 0.717) is 21.8 Å². The first kappa shape index (κ1) is 17.9. The van der Waals surface area contributed by atoms with Crippen LogP contribution in [-0.4, -0.2) is 45.3 Å². The summed E-state index contributed by atoms with van der Waals surface area (Å²) in [6.45, 7) is 1.90. The zero-order chi connectivity index (χ0) is 19.3. The lowest BCUT2D eigenvalue weighted by molar-refractivity contribution is -0.134. The molecule has 0 radical (unpaired) electrons. The molecule has 0 aliphatic carbocycles. The Labute approximate surface area is 153 Å². The van der Waals surface area contributed by atoms with Crippen LogP contribution in [0.5, 0.6) is 0 Å². The first-order valence-electron chi connectivity index (χ1n) is 8.77. The maximum Gasteiger partial charge on any atom is 0.257 e. The standard InChI is InChI=1S/C20H19F3N2O2/c1-20(27,10-24-7-6-16(23)19(24)26)11-25-17-4-2-12(21)8-14(17)15-9-13(22)3-5-18(15)25/h2-5,8-9,16,27H,6-7,10-11H2,1H3/t16-,20-/m0/s1. The Morgan fingerprint density at radius 1 is 1.07 bits per heavy atom. The first-order valence-corrected chi connectivity index (χ1v) is 8.77. The molecule has 3 aromatic rings. The van der Waals surface area contributed by atoms with Crippen LogP contribution in [0.2, 0.25) is 0 Å². The van der Waals surface area contributed by atoms with Gasteiger partial charge in [-0.2, -0.15) is 0 Å². The fraction of sp³-hybridized carbons (Fsp3) is 0.350. The van der Waals surface area contributed by atoms with Crippen molar-refractivity contribution in [2.75, 3.05) is 13.1 Å². The Morgan fingerprint density at radius 2 is 1.63 bits per heavy atom. The minimum absolute atomic E-state index is 0.0180. The van der Waals surface area contributed by atoms with Gasteiger partial charge in [-0.3, -0.25) is 4.79 Å². The molecule has 4 nitrogen and oxygen atoms in total. The molecular weight excluding hydrogens is 357 g/mol. The molecule has 0 unspecified atom stereocenters. The van der Waals surface area contributed by atoms with E-state index in [1.165, 1.54) is 29.2 Å². The van der Waals surface area contributed by atoms with Gasteiger partial charge in [-0.15, -0.1) is 0 Å². The number of halogens is 3. The average Bonchev–Trinajstić information content (AvgIpc) is 3.06. The number of fused-ring (bicyclic) bond motifs is 3. The molecule has 0 bridgehead atoms. The van der Waals surface area contributed by atoms with Gasteiger partial charge in [0, 0.05) is 34.8 Å². The minimum atomic E-state index is -1.51. The molecule has 0 spiro atoms. The number of likely N-dealkylation sites (tertiary alicyclic amines) is 1. The number of rotatable bonds is 4. The van der Waals surface area contributed by atoms with Crippen molar-refractivity contribution in [3.8, 4) is 0 Å². The van der Waals surface area contributed by atoms with Crippen molar-refractivity contribution in [1.29, 1.82) is 0 Å². The van der Waals surface area contributed by atoms with E-state index < -0.39 is 29.3 Å². The summed E-state index contributed by atoms with van der Waals surface area (Å²) in [5.41, 5.74) is -0.0525. The number of aliphatic hydroxyl groups is 1. The number of hydrogen-bond acceptors (Lipinski definition) is 2. The molecule has 27 heavy (non-hydrogen) atoms. The fourth-order valence-corrected chi connectivity index (χ4v) is 3.88. The van der Waals surface area contributed by atoms with Gasteiger partial charge in [-0.05, 0) is 43.3 Å². The molecule has 0 saturated carbocycles. The Bertz CT molecular complexity index is 985. The van der Waals surface area contributed by atoms with Gasteiger partial charge in [0.05, 0.1) is 18.7 Å². The smallest absolute Gasteiger partial charge is 0.257 e. The zero-order valence-corrected chi connectivity index (χ0v) is 14.8. The van der Waals surface area contributed by atoms with Gasteiger partial charge in [-0.25, -0.2) is 13.2 Å². The molecule has 1 aliphatic rings. The van der Waals surface area contributed by atoms with Crippen molar-refractivity contribution >= 4 is 27.7 Å². The third-order valence-corrected chi connectivity index (χ3v) is 5.05. The van der Waals surface area contributed by atoms with Gasteiger partial charge in [0.15, 0.2) is 6.17 Å². The molecule has 1 fully saturated rings. The second kappa shape index (κ2) is 6.27. The van der Waals surface area contributed by atoms with Crippen LogP contribution in [0.4, 0.5) is 13.2 Å². The number of benzene rings is 2. The van der Waals surface area contributed by atoms with Gasteiger partial charge in [-0.1, -0.05) is 0 Å². The highest BCUT2D eigenvalue weighted by Gasteiger charge is 2.36. The molecule has 1 amide bonds. The van der Waals surface area contributed by atoms with E-state index in [2.05, 4.69) is 0 Å². The van der Waals surface area contributed by atoms with Crippen molar-refractivity contribution in [2.24, 2.45) is 0 Å². The van der Waals surface area contributed by atoms with Gasteiger partial charge in [0.2, 0.25) is 0 Å². The van der Waals surface area contributed by atoms with Crippen LogP contribution in [0.3, 0.4) is 0 Å². The zero-order valence-electron chi connectivity index (χ0n) is 14.8. The summed E-state index contributed by atoms with van der Waals surface area (Å²) < 4.78 is 42.7. The molecule has 1 aromatic heterocycles. The van der Waals surface area contributed by atoms with Crippen LogP contribution in [0.1, 0.15) is 13.3 Å². The van der Waals surface area contributed by atoms with Crippen LogP contribution < -0.4 is 0 Å². The topological polar surface area (TPSA) is 45.5 Å². The quantitative estimate of drug-likeness (QED) is 0.759. The second-order valence-electron chi connectivity index (χ2n) is 7.42. The number of alkyl halides is 1. The molecule has 2 aromatic carbocycles. The summed E-state index contributed by atoms with van der Waals surface area (Å²) in [5.74, 6) is -1.48. The highest BCUT2D eigenvalue weighted by molar-refractivity contribution is 6.08. The summed E-state index contributed by atoms with van der Waals surface area (Å²) in [4.78, 5) is 13.2. The molecule has 1 aliphatic heterocycles. The third kappa shape index (κ3) is 3.16. The van der Waals surface area contributed by atoms with Gasteiger partial charge < -0.3 is 14.6 Å². The number of hydrogen-bond donors (Lipinski definition) is 1. The van der Waals surface area contributed by atoms with Crippen molar-refractivity contribution < 1.29 is 23.1 Å². The van der Waals surface area contributed by atoms with Crippen molar-refractivity contribution in [3.63, 3.8) is 0 Å². The highest BCUT2D eigenvalue weighted by atomic mass is 19.1. The number of aromatic nitrogens is 1. The molecule has 142 valence electrons. The number of nitrogens with zero attached hydrogens (tertiary/aromatic N) is 2. The minimum Gasteiger partial charge on any atom is -0.386 e.